The molecule has 0 aromatic heterocycles. The molecule has 0 radical (unpaired) electrons. The first-order valence-electron chi connectivity index (χ1n) is 7.34. The van der Waals surface area contributed by atoms with Crippen LogP contribution >= 0.6 is 11.8 Å². The van der Waals surface area contributed by atoms with E-state index in [1.165, 1.54) is 11.8 Å². The summed E-state index contributed by atoms with van der Waals surface area (Å²) in [6.07, 6.45) is 0.363. The number of amides is 2. The fourth-order valence-corrected chi connectivity index (χ4v) is 3.26. The summed E-state index contributed by atoms with van der Waals surface area (Å²) in [5.74, 6) is 1.15. The van der Waals surface area contributed by atoms with Crippen molar-refractivity contribution in [2.75, 3.05) is 18.8 Å². The second-order valence-corrected chi connectivity index (χ2v) is 6.60. The van der Waals surface area contributed by atoms with Crippen molar-refractivity contribution in [3.63, 3.8) is 0 Å². The molecule has 0 spiro atoms. The van der Waals surface area contributed by atoms with Gasteiger partial charge in [0.2, 0.25) is 5.91 Å². The van der Waals surface area contributed by atoms with Gasteiger partial charge in [0.25, 0.3) is 5.24 Å². The van der Waals surface area contributed by atoms with E-state index in [9.17, 15) is 9.59 Å². The molecule has 4 nitrogen and oxygen atoms in total. The van der Waals surface area contributed by atoms with Gasteiger partial charge in [-0.2, -0.15) is 0 Å². The summed E-state index contributed by atoms with van der Waals surface area (Å²) in [6, 6.07) is 10.0. The Labute approximate surface area is 130 Å². The number of hydrogen-bond acceptors (Lipinski definition) is 3. The van der Waals surface area contributed by atoms with Crippen LogP contribution in [0.3, 0.4) is 0 Å². The summed E-state index contributed by atoms with van der Waals surface area (Å²) >= 11 is 1.33. The topological polar surface area (TPSA) is 49.4 Å². The third-order valence-electron chi connectivity index (χ3n) is 3.60. The highest BCUT2D eigenvalue weighted by atomic mass is 32.2. The van der Waals surface area contributed by atoms with Gasteiger partial charge in [-0.1, -0.05) is 55.9 Å². The predicted octanol–water partition coefficient (Wildman–Crippen LogP) is 3.06. The van der Waals surface area contributed by atoms with Crippen LogP contribution in [0, 0.1) is 5.92 Å². The molecule has 1 aliphatic rings. The first-order valence-corrected chi connectivity index (χ1v) is 8.32. The normalized spacial score (nSPS) is 16.3. The van der Waals surface area contributed by atoms with E-state index in [-0.39, 0.29) is 17.2 Å². The smallest absolute Gasteiger partial charge is 0.281 e. The number of nitrogens with zero attached hydrogens (tertiary/aromatic N) is 1. The van der Waals surface area contributed by atoms with Crippen LogP contribution in [0.5, 0.6) is 0 Å². The van der Waals surface area contributed by atoms with Crippen LogP contribution in [-0.2, 0) is 4.79 Å². The van der Waals surface area contributed by atoms with Crippen LogP contribution in [0.25, 0.3) is 0 Å². The second-order valence-electron chi connectivity index (χ2n) is 5.55. The molecule has 21 heavy (non-hydrogen) atoms. The van der Waals surface area contributed by atoms with Crippen LogP contribution in [0.2, 0.25) is 0 Å². The molecule has 1 N–H and O–H groups in total. The minimum atomic E-state index is 0.00209. The molecule has 114 valence electrons. The monoisotopic (exact) mass is 306 g/mol. The zero-order valence-corrected chi connectivity index (χ0v) is 13.4. The quantitative estimate of drug-likeness (QED) is 0.879. The van der Waals surface area contributed by atoms with E-state index in [4.69, 9.17) is 0 Å². The van der Waals surface area contributed by atoms with Crippen molar-refractivity contribution in [2.45, 2.75) is 26.3 Å². The SMILES string of the molecule is CC(C)C(NC(=O)CCN1CCSC1=O)c1ccccc1. The molecule has 1 unspecified atom stereocenters. The molecule has 1 atom stereocenters. The van der Waals surface area contributed by atoms with E-state index in [0.29, 0.717) is 18.9 Å². The second kappa shape index (κ2) is 7.50. The lowest BCUT2D eigenvalue weighted by Gasteiger charge is -2.23. The lowest BCUT2D eigenvalue weighted by molar-refractivity contribution is -0.122. The molecule has 5 heteroatoms. The Morgan fingerprint density at radius 2 is 2.05 bits per heavy atom. The highest BCUT2D eigenvalue weighted by molar-refractivity contribution is 8.13. The van der Waals surface area contributed by atoms with Gasteiger partial charge in [0.05, 0.1) is 6.04 Å². The van der Waals surface area contributed by atoms with Gasteiger partial charge in [0, 0.05) is 25.3 Å². The summed E-state index contributed by atoms with van der Waals surface area (Å²) in [4.78, 5) is 25.4. The number of carbonyl (C=O) groups is 2. The van der Waals surface area contributed by atoms with Crippen molar-refractivity contribution in [3.8, 4) is 0 Å². The van der Waals surface area contributed by atoms with Gasteiger partial charge in [-0.25, -0.2) is 0 Å². The summed E-state index contributed by atoms with van der Waals surface area (Å²) in [5.41, 5.74) is 1.12. The number of rotatable bonds is 6. The highest BCUT2D eigenvalue weighted by Crippen LogP contribution is 2.22. The number of carbonyl (C=O) groups excluding carboxylic acids is 2. The lowest BCUT2D eigenvalue weighted by Crippen LogP contribution is -2.35. The van der Waals surface area contributed by atoms with Gasteiger partial charge in [-0.05, 0) is 11.5 Å². The Balaban J connectivity index is 1.88. The lowest BCUT2D eigenvalue weighted by atomic mass is 9.96. The van der Waals surface area contributed by atoms with Crippen molar-refractivity contribution in [1.29, 1.82) is 0 Å². The van der Waals surface area contributed by atoms with Crippen LogP contribution < -0.4 is 5.32 Å². The molecule has 2 rings (SSSR count). The Kier molecular flexibility index (Phi) is 5.67. The van der Waals surface area contributed by atoms with Crippen LogP contribution in [-0.4, -0.2) is 34.9 Å². The average Bonchev–Trinajstić information content (AvgIpc) is 2.88. The molecule has 1 fully saturated rings. The van der Waals surface area contributed by atoms with E-state index in [2.05, 4.69) is 19.2 Å². The van der Waals surface area contributed by atoms with Gasteiger partial charge >= 0.3 is 0 Å². The molecule has 0 aliphatic carbocycles. The van der Waals surface area contributed by atoms with E-state index in [1.54, 1.807) is 4.90 Å². The number of thioether (sulfide) groups is 1. The van der Waals surface area contributed by atoms with Crippen LogP contribution in [0.1, 0.15) is 31.9 Å². The van der Waals surface area contributed by atoms with Gasteiger partial charge in [0.1, 0.15) is 0 Å². The van der Waals surface area contributed by atoms with Crippen LogP contribution in [0.4, 0.5) is 4.79 Å². The van der Waals surface area contributed by atoms with Crippen molar-refractivity contribution < 1.29 is 9.59 Å². The van der Waals surface area contributed by atoms with E-state index >= 15 is 0 Å². The Hall–Kier alpha value is -1.49. The summed E-state index contributed by atoms with van der Waals surface area (Å²) in [5, 5.41) is 3.18. The molecule has 2 amide bonds. The molecule has 0 saturated carbocycles. The largest absolute Gasteiger partial charge is 0.349 e. The summed E-state index contributed by atoms with van der Waals surface area (Å²) in [7, 11) is 0. The Morgan fingerprint density at radius 1 is 1.33 bits per heavy atom. The maximum absolute atomic E-state index is 12.1. The number of benzene rings is 1. The molecule has 1 aromatic rings. The Morgan fingerprint density at radius 3 is 2.62 bits per heavy atom. The molecule has 1 aliphatic heterocycles. The molecule has 1 aromatic carbocycles. The zero-order valence-electron chi connectivity index (χ0n) is 12.5. The highest BCUT2D eigenvalue weighted by Gasteiger charge is 2.23. The van der Waals surface area contributed by atoms with Gasteiger partial charge < -0.3 is 10.2 Å². The van der Waals surface area contributed by atoms with E-state index in [0.717, 1.165) is 17.9 Å². The van der Waals surface area contributed by atoms with Crippen molar-refractivity contribution in [1.82, 2.24) is 10.2 Å². The first-order chi connectivity index (χ1) is 10.1. The van der Waals surface area contributed by atoms with Crippen molar-refractivity contribution in [2.24, 2.45) is 5.92 Å². The molecule has 1 heterocycles. The molecule has 0 bridgehead atoms. The minimum Gasteiger partial charge on any atom is -0.349 e. The van der Waals surface area contributed by atoms with Crippen molar-refractivity contribution in [3.05, 3.63) is 35.9 Å². The summed E-state index contributed by atoms with van der Waals surface area (Å²) in [6.45, 7) is 5.46. The van der Waals surface area contributed by atoms with E-state index < -0.39 is 0 Å². The number of hydrogen-bond donors (Lipinski definition) is 1. The third-order valence-corrected chi connectivity index (χ3v) is 4.49. The Bertz CT molecular complexity index is 490. The first kappa shape index (κ1) is 15.9. The minimum absolute atomic E-state index is 0.00209. The predicted molar refractivity (Wildman–Crippen MR) is 86.2 cm³/mol. The zero-order chi connectivity index (χ0) is 15.2. The van der Waals surface area contributed by atoms with Crippen LogP contribution in [0.15, 0.2) is 30.3 Å². The average molecular weight is 306 g/mol. The maximum atomic E-state index is 12.1. The van der Waals surface area contributed by atoms with Gasteiger partial charge in [-0.15, -0.1) is 0 Å². The molecular formula is C16H22N2O2S. The third kappa shape index (κ3) is 4.49. The van der Waals surface area contributed by atoms with E-state index in [1.807, 2.05) is 30.3 Å². The van der Waals surface area contributed by atoms with Gasteiger partial charge in [-0.3, -0.25) is 9.59 Å². The fraction of sp³-hybridized carbons (Fsp3) is 0.500. The van der Waals surface area contributed by atoms with Crippen molar-refractivity contribution >= 4 is 22.9 Å². The number of nitrogens with one attached hydrogen (secondary N) is 1. The van der Waals surface area contributed by atoms with Gasteiger partial charge in [0.15, 0.2) is 0 Å². The fourth-order valence-electron chi connectivity index (χ4n) is 2.41. The summed E-state index contributed by atoms with van der Waals surface area (Å²) < 4.78 is 0. The maximum Gasteiger partial charge on any atom is 0.281 e. The standard InChI is InChI=1S/C16H22N2O2S/c1-12(2)15(13-6-4-3-5-7-13)17-14(19)8-9-18-10-11-21-16(18)20/h3-7,12,15H,8-11H2,1-2H3,(H,17,19). The molecular weight excluding hydrogens is 284 g/mol. The molecule has 1 saturated heterocycles.